The summed E-state index contributed by atoms with van der Waals surface area (Å²) in [5, 5.41) is 22.1. The number of aromatic nitrogens is 2. The smallest absolute Gasteiger partial charge is 0.0958 e. The lowest BCUT2D eigenvalue weighted by molar-refractivity contribution is -0.174. The monoisotopic (exact) mass is 478 g/mol. The third-order valence-corrected chi connectivity index (χ3v) is 12.1. The molecule has 2 N–H and O–H groups in total. The van der Waals surface area contributed by atoms with Gasteiger partial charge in [0.05, 0.1) is 29.6 Å². The van der Waals surface area contributed by atoms with Crippen molar-refractivity contribution in [1.82, 2.24) is 9.55 Å². The molecule has 1 heterocycles. The van der Waals surface area contributed by atoms with Crippen molar-refractivity contribution in [1.29, 1.82) is 0 Å². The van der Waals surface area contributed by atoms with Crippen LogP contribution in [0.5, 0.6) is 0 Å². The van der Waals surface area contributed by atoms with Crippen LogP contribution < -0.4 is 0 Å². The highest BCUT2D eigenvalue weighted by Crippen LogP contribution is 2.68. The maximum atomic E-state index is 11.8. The minimum absolute atomic E-state index is 0.0691. The van der Waals surface area contributed by atoms with Crippen LogP contribution >= 0.6 is 0 Å². The first-order valence-corrected chi connectivity index (χ1v) is 14.6. The summed E-state index contributed by atoms with van der Waals surface area (Å²) in [6.45, 7) is 8.47. The van der Waals surface area contributed by atoms with E-state index in [2.05, 4.69) is 54.6 Å². The van der Waals surface area contributed by atoms with Gasteiger partial charge in [0.25, 0.3) is 0 Å². The Hall–Kier alpha value is -1.39. The molecule has 10 atom stereocenters. The van der Waals surface area contributed by atoms with Gasteiger partial charge in [-0.05, 0) is 123 Å². The number of imidazole rings is 1. The number of para-hydroxylation sites is 2. The average molecular weight is 479 g/mol. The van der Waals surface area contributed by atoms with Crippen molar-refractivity contribution in [3.8, 4) is 0 Å². The molecule has 192 valence electrons. The van der Waals surface area contributed by atoms with Crippen LogP contribution in [-0.2, 0) is 6.54 Å². The molecule has 4 fully saturated rings. The molecule has 6 rings (SSSR count). The first-order chi connectivity index (χ1) is 16.8. The molecule has 4 heteroatoms. The third kappa shape index (κ3) is 3.72. The summed E-state index contributed by atoms with van der Waals surface area (Å²) in [7, 11) is 0. The Balaban J connectivity index is 1.14. The van der Waals surface area contributed by atoms with Crippen LogP contribution in [0.4, 0.5) is 0 Å². The van der Waals surface area contributed by atoms with E-state index in [4.69, 9.17) is 0 Å². The lowest BCUT2D eigenvalue weighted by Crippen LogP contribution is -2.58. The second kappa shape index (κ2) is 8.87. The molecule has 35 heavy (non-hydrogen) atoms. The summed E-state index contributed by atoms with van der Waals surface area (Å²) in [6.07, 6.45) is 13.4. The van der Waals surface area contributed by atoms with E-state index in [-0.39, 0.29) is 17.6 Å². The predicted molar refractivity (Wildman–Crippen MR) is 141 cm³/mol. The van der Waals surface area contributed by atoms with Crippen molar-refractivity contribution in [3.05, 3.63) is 30.6 Å². The minimum Gasteiger partial charge on any atom is -0.393 e. The zero-order valence-corrected chi connectivity index (χ0v) is 22.1. The number of benzene rings is 1. The number of fused-ring (bicyclic) bond motifs is 6. The number of hydrogen-bond acceptors (Lipinski definition) is 3. The molecule has 0 bridgehead atoms. The van der Waals surface area contributed by atoms with Gasteiger partial charge < -0.3 is 14.8 Å². The summed E-state index contributed by atoms with van der Waals surface area (Å²) in [5.74, 6) is 4.01. The van der Waals surface area contributed by atoms with Gasteiger partial charge in [-0.15, -0.1) is 0 Å². The topological polar surface area (TPSA) is 58.3 Å². The summed E-state index contributed by atoms with van der Waals surface area (Å²) in [4.78, 5) is 4.56. The number of aliphatic hydroxyl groups excluding tert-OH is 2. The summed E-state index contributed by atoms with van der Waals surface area (Å²) in [6, 6.07) is 8.42. The fourth-order valence-electron chi connectivity index (χ4n) is 10.1. The van der Waals surface area contributed by atoms with Gasteiger partial charge in [-0.25, -0.2) is 4.98 Å². The SMILES string of the molecule is C[C@H](CCCn1cnc2ccccc21)[C@H]1CC[C@H]2[C@@H]3CC[C@@H]4C[C@H](O)CC[C@]4(C)[C@H]3C[C@H](O)[C@]12C. The standard InChI is InChI=1S/C31H46N2O2/c1-20(7-6-16-33-19-32-27-8-4-5-9-28(27)33)24-12-13-25-23-11-10-21-17-22(34)14-15-30(21,2)26(23)18-29(35)31(24,25)3/h4-5,8-9,19-26,29,34-35H,6-7,10-18H2,1-3H3/t20-,21-,22-,23+,24-,25+,26+,29+,30+,31-/m1/s1. The van der Waals surface area contributed by atoms with Crippen LogP contribution in [0.2, 0.25) is 0 Å². The number of aryl methyl sites for hydroxylation is 1. The van der Waals surface area contributed by atoms with Crippen LogP contribution in [0.15, 0.2) is 30.6 Å². The summed E-state index contributed by atoms with van der Waals surface area (Å²) >= 11 is 0. The molecule has 0 spiro atoms. The highest BCUT2D eigenvalue weighted by atomic mass is 16.3. The maximum absolute atomic E-state index is 11.8. The zero-order valence-electron chi connectivity index (χ0n) is 22.1. The molecular formula is C31H46N2O2. The van der Waals surface area contributed by atoms with Crippen LogP contribution in [0, 0.1) is 46.3 Å². The molecular weight excluding hydrogens is 432 g/mol. The molecule has 0 amide bonds. The first-order valence-electron chi connectivity index (χ1n) is 14.6. The molecule has 1 aromatic heterocycles. The van der Waals surface area contributed by atoms with Crippen LogP contribution in [0.25, 0.3) is 11.0 Å². The lowest BCUT2D eigenvalue weighted by atomic mass is 9.43. The van der Waals surface area contributed by atoms with E-state index < -0.39 is 0 Å². The van der Waals surface area contributed by atoms with Gasteiger partial charge in [0.15, 0.2) is 0 Å². The molecule has 0 radical (unpaired) electrons. The normalized spacial score (nSPS) is 44.0. The van der Waals surface area contributed by atoms with E-state index >= 15 is 0 Å². The molecule has 2 aromatic rings. The Labute approximate surface area is 211 Å². The molecule has 4 aliphatic carbocycles. The largest absolute Gasteiger partial charge is 0.393 e. The Bertz CT molecular complexity index is 1050. The van der Waals surface area contributed by atoms with E-state index in [1.165, 1.54) is 44.0 Å². The van der Waals surface area contributed by atoms with Gasteiger partial charge >= 0.3 is 0 Å². The van der Waals surface area contributed by atoms with Crippen LogP contribution in [0.1, 0.15) is 85.0 Å². The molecule has 0 unspecified atom stereocenters. The van der Waals surface area contributed by atoms with Crippen LogP contribution in [0.3, 0.4) is 0 Å². The summed E-state index contributed by atoms with van der Waals surface area (Å²) < 4.78 is 2.31. The van der Waals surface area contributed by atoms with Gasteiger partial charge in [-0.1, -0.05) is 32.9 Å². The first kappa shape index (κ1) is 24.0. The van der Waals surface area contributed by atoms with Crippen molar-refractivity contribution < 1.29 is 10.2 Å². The fourth-order valence-corrected chi connectivity index (χ4v) is 10.1. The van der Waals surface area contributed by atoms with Crippen molar-refractivity contribution in [2.45, 2.75) is 104 Å². The van der Waals surface area contributed by atoms with Gasteiger partial charge in [0.1, 0.15) is 0 Å². The Kier molecular flexibility index (Phi) is 6.08. The Morgan fingerprint density at radius 2 is 1.86 bits per heavy atom. The summed E-state index contributed by atoms with van der Waals surface area (Å²) in [5.41, 5.74) is 2.71. The number of rotatable bonds is 5. The fraction of sp³-hybridized carbons (Fsp3) is 0.774. The van der Waals surface area contributed by atoms with Crippen molar-refractivity contribution in [2.75, 3.05) is 0 Å². The Morgan fingerprint density at radius 1 is 1.03 bits per heavy atom. The predicted octanol–water partition coefficient (Wildman–Crippen LogP) is 6.44. The molecule has 4 saturated carbocycles. The van der Waals surface area contributed by atoms with Gasteiger partial charge in [0.2, 0.25) is 0 Å². The Morgan fingerprint density at radius 3 is 2.71 bits per heavy atom. The van der Waals surface area contributed by atoms with E-state index in [1.54, 1.807) is 0 Å². The van der Waals surface area contributed by atoms with Crippen molar-refractivity contribution >= 4 is 11.0 Å². The second-order valence-electron chi connectivity index (χ2n) is 13.4. The van der Waals surface area contributed by atoms with E-state index in [0.29, 0.717) is 35.0 Å². The molecule has 1 aromatic carbocycles. The van der Waals surface area contributed by atoms with E-state index in [1.807, 2.05) is 6.33 Å². The van der Waals surface area contributed by atoms with Crippen molar-refractivity contribution in [3.63, 3.8) is 0 Å². The van der Waals surface area contributed by atoms with Crippen LogP contribution in [-0.4, -0.2) is 32.0 Å². The number of hydrogen-bond donors (Lipinski definition) is 2. The third-order valence-electron chi connectivity index (χ3n) is 12.1. The quantitative estimate of drug-likeness (QED) is 0.520. The second-order valence-corrected chi connectivity index (χ2v) is 13.4. The molecule has 4 nitrogen and oxygen atoms in total. The molecule has 0 aliphatic heterocycles. The number of aliphatic hydroxyl groups is 2. The molecule has 0 saturated heterocycles. The van der Waals surface area contributed by atoms with Gasteiger partial charge in [-0.2, -0.15) is 0 Å². The van der Waals surface area contributed by atoms with Gasteiger partial charge in [0, 0.05) is 6.54 Å². The average Bonchev–Trinajstić information content (AvgIpc) is 3.42. The minimum atomic E-state index is -0.177. The maximum Gasteiger partial charge on any atom is 0.0958 e. The highest BCUT2D eigenvalue weighted by molar-refractivity contribution is 5.74. The van der Waals surface area contributed by atoms with Gasteiger partial charge in [-0.3, -0.25) is 0 Å². The highest BCUT2D eigenvalue weighted by Gasteiger charge is 2.63. The number of nitrogens with zero attached hydrogens (tertiary/aromatic N) is 2. The van der Waals surface area contributed by atoms with Crippen molar-refractivity contribution in [2.24, 2.45) is 46.3 Å². The zero-order chi connectivity index (χ0) is 24.4. The van der Waals surface area contributed by atoms with E-state index in [0.717, 1.165) is 43.7 Å². The lowest BCUT2D eigenvalue weighted by Gasteiger charge is -2.62. The van der Waals surface area contributed by atoms with E-state index in [9.17, 15) is 10.2 Å². The molecule has 4 aliphatic rings.